The summed E-state index contributed by atoms with van der Waals surface area (Å²) in [5.74, 6) is 0.547. The molecule has 1 aromatic carbocycles. The number of piperidine rings is 1. The summed E-state index contributed by atoms with van der Waals surface area (Å²) in [6.07, 6.45) is 3.69. The summed E-state index contributed by atoms with van der Waals surface area (Å²) in [4.78, 5) is 11.9. The lowest BCUT2D eigenvalue weighted by Gasteiger charge is -2.21. The molecule has 0 radical (unpaired) electrons. The van der Waals surface area contributed by atoms with E-state index >= 15 is 0 Å². The van der Waals surface area contributed by atoms with Crippen LogP contribution in [0.2, 0.25) is 0 Å². The maximum atomic E-state index is 11.9. The summed E-state index contributed by atoms with van der Waals surface area (Å²) in [7, 11) is 2.06. The quantitative estimate of drug-likeness (QED) is 0.872. The molecular formula is C15H18N2O. The highest BCUT2D eigenvalue weighted by molar-refractivity contribution is 5.86. The number of hydrogen-bond donors (Lipinski definition) is 1. The third-order valence-corrected chi connectivity index (χ3v) is 3.84. The predicted molar refractivity (Wildman–Crippen MR) is 72.6 cm³/mol. The van der Waals surface area contributed by atoms with Crippen LogP contribution in [0.1, 0.15) is 12.0 Å². The zero-order valence-electron chi connectivity index (χ0n) is 10.6. The first-order valence-electron chi connectivity index (χ1n) is 6.52. The van der Waals surface area contributed by atoms with Crippen molar-refractivity contribution in [1.29, 1.82) is 0 Å². The van der Waals surface area contributed by atoms with E-state index in [9.17, 15) is 4.79 Å². The number of carbonyl (C=O) groups excluding carboxylic acids is 1. The van der Waals surface area contributed by atoms with Crippen LogP contribution in [0.5, 0.6) is 0 Å². The molecular weight excluding hydrogens is 224 g/mol. The number of rotatable bonds is 2. The van der Waals surface area contributed by atoms with E-state index in [0.717, 1.165) is 19.5 Å². The molecule has 1 aliphatic rings. The summed E-state index contributed by atoms with van der Waals surface area (Å²) < 4.78 is 2.14. The van der Waals surface area contributed by atoms with Gasteiger partial charge in [-0.05, 0) is 18.1 Å². The summed E-state index contributed by atoms with van der Waals surface area (Å²) in [6, 6.07) is 8.39. The first-order valence-corrected chi connectivity index (χ1v) is 6.52. The smallest absolute Gasteiger partial charge is 0.138 e. The van der Waals surface area contributed by atoms with E-state index in [4.69, 9.17) is 0 Å². The number of carbonyl (C=O) groups is 1. The SMILES string of the molecule is Cn1cc(CC2CNCCC2=O)c2ccccc21. The fourth-order valence-electron chi connectivity index (χ4n) is 2.85. The molecule has 0 spiro atoms. The van der Waals surface area contributed by atoms with Crippen LogP contribution < -0.4 is 5.32 Å². The predicted octanol–water partition coefficient (Wildman–Crippen LogP) is 1.90. The molecule has 1 unspecified atom stereocenters. The van der Waals surface area contributed by atoms with Gasteiger partial charge in [-0.3, -0.25) is 4.79 Å². The minimum Gasteiger partial charge on any atom is -0.350 e. The zero-order valence-corrected chi connectivity index (χ0v) is 10.6. The Balaban J connectivity index is 1.92. The Morgan fingerprint density at radius 3 is 3.06 bits per heavy atom. The van der Waals surface area contributed by atoms with Gasteiger partial charge in [-0.1, -0.05) is 18.2 Å². The lowest BCUT2D eigenvalue weighted by atomic mass is 9.91. The van der Waals surface area contributed by atoms with Gasteiger partial charge in [0.2, 0.25) is 0 Å². The molecule has 1 N–H and O–H groups in total. The fourth-order valence-corrected chi connectivity index (χ4v) is 2.85. The fraction of sp³-hybridized carbons (Fsp3) is 0.400. The normalized spacial score (nSPS) is 20.5. The van der Waals surface area contributed by atoms with E-state index < -0.39 is 0 Å². The lowest BCUT2D eigenvalue weighted by Crippen LogP contribution is -2.37. The molecule has 1 aromatic heterocycles. The highest BCUT2D eigenvalue weighted by Gasteiger charge is 2.23. The molecule has 1 atom stereocenters. The second kappa shape index (κ2) is 4.58. The average molecular weight is 242 g/mol. The van der Waals surface area contributed by atoms with Gasteiger partial charge in [0.25, 0.3) is 0 Å². The number of para-hydroxylation sites is 1. The average Bonchev–Trinajstić information content (AvgIpc) is 2.70. The highest BCUT2D eigenvalue weighted by atomic mass is 16.1. The molecule has 3 nitrogen and oxygen atoms in total. The Morgan fingerprint density at radius 2 is 2.22 bits per heavy atom. The summed E-state index contributed by atoms with van der Waals surface area (Å²) in [6.45, 7) is 1.66. The standard InChI is InChI=1S/C15H18N2O/c1-17-10-12(13-4-2-3-5-14(13)17)8-11-9-16-7-6-15(11)18/h2-5,10-11,16H,6-9H2,1H3. The summed E-state index contributed by atoms with van der Waals surface area (Å²) >= 11 is 0. The molecule has 94 valence electrons. The Kier molecular flexibility index (Phi) is 2.92. The number of nitrogens with zero attached hydrogens (tertiary/aromatic N) is 1. The third-order valence-electron chi connectivity index (χ3n) is 3.84. The van der Waals surface area contributed by atoms with Crippen LogP contribution in [0.15, 0.2) is 30.5 Å². The van der Waals surface area contributed by atoms with Gasteiger partial charge >= 0.3 is 0 Å². The van der Waals surface area contributed by atoms with Crippen molar-refractivity contribution in [2.24, 2.45) is 13.0 Å². The van der Waals surface area contributed by atoms with Crippen molar-refractivity contribution in [2.45, 2.75) is 12.8 Å². The van der Waals surface area contributed by atoms with Crippen LogP contribution in [-0.4, -0.2) is 23.4 Å². The monoisotopic (exact) mass is 242 g/mol. The van der Waals surface area contributed by atoms with Gasteiger partial charge < -0.3 is 9.88 Å². The Hall–Kier alpha value is -1.61. The molecule has 0 amide bonds. The van der Waals surface area contributed by atoms with Crippen LogP contribution in [0.3, 0.4) is 0 Å². The van der Waals surface area contributed by atoms with Gasteiger partial charge in [0.15, 0.2) is 0 Å². The van der Waals surface area contributed by atoms with Gasteiger partial charge in [-0.2, -0.15) is 0 Å². The molecule has 18 heavy (non-hydrogen) atoms. The minimum absolute atomic E-state index is 0.143. The van der Waals surface area contributed by atoms with Gasteiger partial charge in [-0.25, -0.2) is 0 Å². The van der Waals surface area contributed by atoms with E-state index in [0.29, 0.717) is 12.2 Å². The first kappa shape index (κ1) is 11.5. The van der Waals surface area contributed by atoms with Crippen molar-refractivity contribution in [3.05, 3.63) is 36.0 Å². The second-order valence-electron chi connectivity index (χ2n) is 5.10. The maximum absolute atomic E-state index is 11.9. The lowest BCUT2D eigenvalue weighted by molar-refractivity contribution is -0.123. The van der Waals surface area contributed by atoms with E-state index in [1.807, 2.05) is 0 Å². The molecule has 2 heterocycles. The molecule has 3 heteroatoms. The van der Waals surface area contributed by atoms with Crippen molar-refractivity contribution in [3.8, 4) is 0 Å². The van der Waals surface area contributed by atoms with Crippen molar-refractivity contribution >= 4 is 16.7 Å². The Labute approximate surface area is 107 Å². The van der Waals surface area contributed by atoms with Crippen LogP contribution >= 0.6 is 0 Å². The molecule has 1 aliphatic heterocycles. The van der Waals surface area contributed by atoms with Crippen molar-refractivity contribution in [3.63, 3.8) is 0 Å². The van der Waals surface area contributed by atoms with Gasteiger partial charge in [0.05, 0.1) is 0 Å². The first-order chi connectivity index (χ1) is 8.75. The summed E-state index contributed by atoms with van der Waals surface area (Å²) in [5.41, 5.74) is 2.53. The Morgan fingerprint density at radius 1 is 1.39 bits per heavy atom. The van der Waals surface area contributed by atoms with E-state index in [2.05, 4.69) is 47.4 Å². The number of aryl methyl sites for hydroxylation is 1. The van der Waals surface area contributed by atoms with Gasteiger partial charge in [0, 0.05) is 49.6 Å². The highest BCUT2D eigenvalue weighted by Crippen LogP contribution is 2.24. The van der Waals surface area contributed by atoms with E-state index in [-0.39, 0.29) is 5.92 Å². The largest absolute Gasteiger partial charge is 0.350 e. The maximum Gasteiger partial charge on any atom is 0.138 e. The third kappa shape index (κ3) is 1.95. The van der Waals surface area contributed by atoms with Crippen molar-refractivity contribution < 1.29 is 4.79 Å². The van der Waals surface area contributed by atoms with Crippen molar-refractivity contribution in [2.75, 3.05) is 13.1 Å². The van der Waals surface area contributed by atoms with Crippen LogP contribution in [0, 0.1) is 5.92 Å². The van der Waals surface area contributed by atoms with Gasteiger partial charge in [0.1, 0.15) is 5.78 Å². The molecule has 1 saturated heterocycles. The van der Waals surface area contributed by atoms with E-state index in [1.165, 1.54) is 16.5 Å². The number of aromatic nitrogens is 1. The van der Waals surface area contributed by atoms with Gasteiger partial charge in [-0.15, -0.1) is 0 Å². The minimum atomic E-state index is 0.143. The number of fused-ring (bicyclic) bond motifs is 1. The molecule has 2 aromatic rings. The van der Waals surface area contributed by atoms with E-state index in [1.54, 1.807) is 0 Å². The van der Waals surface area contributed by atoms with Crippen LogP contribution in [0.4, 0.5) is 0 Å². The Bertz CT molecular complexity index is 585. The molecule has 0 aliphatic carbocycles. The second-order valence-corrected chi connectivity index (χ2v) is 5.10. The number of ketones is 1. The molecule has 0 saturated carbocycles. The summed E-state index contributed by atoms with van der Waals surface area (Å²) in [5, 5.41) is 4.59. The molecule has 0 bridgehead atoms. The zero-order chi connectivity index (χ0) is 12.5. The van der Waals surface area contributed by atoms with Crippen LogP contribution in [0.25, 0.3) is 10.9 Å². The number of hydrogen-bond acceptors (Lipinski definition) is 2. The van der Waals surface area contributed by atoms with Crippen LogP contribution in [-0.2, 0) is 18.3 Å². The number of Topliss-reactive ketones (excluding diaryl/α,β-unsaturated/α-hetero) is 1. The molecule has 3 rings (SSSR count). The number of benzene rings is 1. The number of nitrogens with one attached hydrogen (secondary N) is 1. The van der Waals surface area contributed by atoms with Crippen molar-refractivity contribution in [1.82, 2.24) is 9.88 Å². The topological polar surface area (TPSA) is 34.0 Å². The molecule has 1 fully saturated rings.